The number of nitrogens with zero attached hydrogens (tertiary/aromatic N) is 2. The zero-order valence-corrected chi connectivity index (χ0v) is 11.2. The van der Waals surface area contributed by atoms with Crippen molar-refractivity contribution in [3.63, 3.8) is 0 Å². The minimum atomic E-state index is -0.464. The highest BCUT2D eigenvalue weighted by atomic mass is 79.9. The molecule has 0 atom stereocenters. The molecular formula is C12H12BrN3O. The van der Waals surface area contributed by atoms with Crippen molar-refractivity contribution in [1.82, 2.24) is 9.78 Å². The molecule has 0 unspecified atom stereocenters. The molecule has 1 amide bonds. The fourth-order valence-corrected chi connectivity index (χ4v) is 2.12. The summed E-state index contributed by atoms with van der Waals surface area (Å²) in [4.78, 5) is 11.4. The maximum atomic E-state index is 11.4. The van der Waals surface area contributed by atoms with Crippen molar-refractivity contribution >= 4 is 21.8 Å². The Morgan fingerprint density at radius 2 is 2.06 bits per heavy atom. The lowest BCUT2D eigenvalue weighted by atomic mass is 10.1. The largest absolute Gasteiger partial charge is 0.366 e. The molecule has 88 valence electrons. The molecule has 2 N–H and O–H groups in total. The van der Waals surface area contributed by atoms with E-state index in [1.165, 1.54) is 0 Å². The number of hydrogen-bond donors (Lipinski definition) is 1. The van der Waals surface area contributed by atoms with E-state index in [2.05, 4.69) is 21.0 Å². The number of rotatable bonds is 2. The van der Waals surface area contributed by atoms with Gasteiger partial charge in [-0.25, -0.2) is 4.68 Å². The topological polar surface area (TPSA) is 60.9 Å². The van der Waals surface area contributed by atoms with Gasteiger partial charge in [-0.15, -0.1) is 0 Å². The van der Waals surface area contributed by atoms with E-state index in [9.17, 15) is 4.79 Å². The first-order chi connectivity index (χ1) is 7.99. The van der Waals surface area contributed by atoms with Crippen LogP contribution in [-0.4, -0.2) is 15.7 Å². The van der Waals surface area contributed by atoms with Crippen LogP contribution >= 0.6 is 15.9 Å². The molecule has 0 saturated carbocycles. The molecule has 0 aliphatic rings. The van der Waals surface area contributed by atoms with Gasteiger partial charge in [0.25, 0.3) is 5.91 Å². The first-order valence-electron chi connectivity index (χ1n) is 5.12. The van der Waals surface area contributed by atoms with Crippen molar-refractivity contribution in [1.29, 1.82) is 0 Å². The molecule has 0 spiro atoms. The standard InChI is InChI=1S/C12H12BrN3O/c1-7-5-8(2)16(15-7)11-4-3-9(13)6-10(11)12(14)17/h3-6H,1-2H3,(H2,14,17). The zero-order chi connectivity index (χ0) is 12.6. The lowest BCUT2D eigenvalue weighted by Crippen LogP contribution is -2.15. The SMILES string of the molecule is Cc1cc(C)n(-c2ccc(Br)cc2C(N)=O)n1. The van der Waals surface area contributed by atoms with Crippen LogP contribution in [0, 0.1) is 13.8 Å². The Hall–Kier alpha value is -1.62. The van der Waals surface area contributed by atoms with Crippen LogP contribution in [0.2, 0.25) is 0 Å². The minimum Gasteiger partial charge on any atom is -0.366 e. The predicted octanol–water partition coefficient (Wildman–Crippen LogP) is 2.35. The third-order valence-electron chi connectivity index (χ3n) is 2.46. The van der Waals surface area contributed by atoms with Crippen LogP contribution < -0.4 is 5.73 Å². The third-order valence-corrected chi connectivity index (χ3v) is 2.96. The summed E-state index contributed by atoms with van der Waals surface area (Å²) < 4.78 is 2.54. The molecule has 0 radical (unpaired) electrons. The number of aromatic nitrogens is 2. The number of amides is 1. The lowest BCUT2D eigenvalue weighted by Gasteiger charge is -2.09. The van der Waals surface area contributed by atoms with Crippen LogP contribution in [-0.2, 0) is 0 Å². The van der Waals surface area contributed by atoms with E-state index in [4.69, 9.17) is 5.73 Å². The molecule has 4 nitrogen and oxygen atoms in total. The Morgan fingerprint density at radius 1 is 1.35 bits per heavy atom. The summed E-state index contributed by atoms with van der Waals surface area (Å²) in [5.74, 6) is -0.464. The summed E-state index contributed by atoms with van der Waals surface area (Å²) >= 11 is 3.32. The smallest absolute Gasteiger partial charge is 0.250 e. The number of carbonyl (C=O) groups is 1. The summed E-state index contributed by atoms with van der Waals surface area (Å²) in [5.41, 5.74) is 8.40. The number of hydrogen-bond acceptors (Lipinski definition) is 2. The van der Waals surface area contributed by atoms with Crippen molar-refractivity contribution in [2.75, 3.05) is 0 Å². The first-order valence-corrected chi connectivity index (χ1v) is 5.91. The van der Waals surface area contributed by atoms with E-state index in [-0.39, 0.29) is 0 Å². The quantitative estimate of drug-likeness (QED) is 0.924. The number of halogens is 1. The number of primary amides is 1. The van der Waals surface area contributed by atoms with Crippen molar-refractivity contribution < 1.29 is 4.79 Å². The second-order valence-corrected chi connectivity index (χ2v) is 4.78. The van der Waals surface area contributed by atoms with E-state index < -0.39 is 5.91 Å². The molecule has 5 heteroatoms. The van der Waals surface area contributed by atoms with Gasteiger partial charge < -0.3 is 5.73 Å². The number of carbonyl (C=O) groups excluding carboxylic acids is 1. The van der Waals surface area contributed by atoms with Crippen LogP contribution in [0.3, 0.4) is 0 Å². The Labute approximate surface area is 108 Å². The Kier molecular flexibility index (Phi) is 3.02. The molecule has 0 fully saturated rings. The average molecular weight is 294 g/mol. The summed E-state index contributed by atoms with van der Waals surface area (Å²) in [6.07, 6.45) is 0. The second kappa shape index (κ2) is 4.33. The molecule has 1 aromatic heterocycles. The molecule has 1 heterocycles. The number of aryl methyl sites for hydroxylation is 2. The summed E-state index contributed by atoms with van der Waals surface area (Å²) in [7, 11) is 0. The molecule has 1 aromatic carbocycles. The Balaban J connectivity index is 2.67. The van der Waals surface area contributed by atoms with Gasteiger partial charge in [-0.2, -0.15) is 5.10 Å². The van der Waals surface area contributed by atoms with E-state index in [0.29, 0.717) is 11.3 Å². The fourth-order valence-electron chi connectivity index (χ4n) is 1.76. The van der Waals surface area contributed by atoms with Gasteiger partial charge in [0.15, 0.2) is 0 Å². The van der Waals surface area contributed by atoms with Crippen LogP contribution in [0.15, 0.2) is 28.7 Å². The lowest BCUT2D eigenvalue weighted by molar-refractivity contribution is 0.1000. The number of benzene rings is 1. The Bertz CT molecular complexity index is 589. The molecule has 0 aliphatic carbocycles. The molecule has 0 aliphatic heterocycles. The fraction of sp³-hybridized carbons (Fsp3) is 0.167. The predicted molar refractivity (Wildman–Crippen MR) is 69.3 cm³/mol. The maximum absolute atomic E-state index is 11.4. The van der Waals surface area contributed by atoms with Crippen molar-refractivity contribution in [2.45, 2.75) is 13.8 Å². The van der Waals surface area contributed by atoms with Crippen molar-refractivity contribution in [2.24, 2.45) is 5.73 Å². The van der Waals surface area contributed by atoms with E-state index in [1.807, 2.05) is 32.0 Å². The van der Waals surface area contributed by atoms with Gasteiger partial charge >= 0.3 is 0 Å². The summed E-state index contributed by atoms with van der Waals surface area (Å²) in [6, 6.07) is 7.34. The molecule has 0 saturated heterocycles. The monoisotopic (exact) mass is 293 g/mol. The van der Waals surface area contributed by atoms with Gasteiger partial charge in [-0.05, 0) is 38.1 Å². The zero-order valence-electron chi connectivity index (χ0n) is 9.57. The number of nitrogens with two attached hydrogens (primary N) is 1. The normalized spacial score (nSPS) is 10.5. The van der Waals surface area contributed by atoms with E-state index >= 15 is 0 Å². The molecule has 2 aromatic rings. The van der Waals surface area contributed by atoms with Crippen LogP contribution in [0.25, 0.3) is 5.69 Å². The van der Waals surface area contributed by atoms with E-state index in [1.54, 1.807) is 10.7 Å². The molecule has 2 rings (SSSR count). The third kappa shape index (κ3) is 2.24. The highest BCUT2D eigenvalue weighted by Crippen LogP contribution is 2.21. The van der Waals surface area contributed by atoms with Crippen LogP contribution in [0.5, 0.6) is 0 Å². The minimum absolute atomic E-state index is 0.450. The van der Waals surface area contributed by atoms with Gasteiger partial charge in [0.2, 0.25) is 0 Å². The highest BCUT2D eigenvalue weighted by molar-refractivity contribution is 9.10. The molecular weight excluding hydrogens is 282 g/mol. The Morgan fingerprint density at radius 3 is 2.59 bits per heavy atom. The van der Waals surface area contributed by atoms with Gasteiger partial charge in [0.1, 0.15) is 0 Å². The van der Waals surface area contributed by atoms with Gasteiger partial charge in [-0.1, -0.05) is 15.9 Å². The van der Waals surface area contributed by atoms with Gasteiger partial charge in [-0.3, -0.25) is 4.79 Å². The van der Waals surface area contributed by atoms with Crippen molar-refractivity contribution in [3.05, 3.63) is 45.7 Å². The van der Waals surface area contributed by atoms with Crippen LogP contribution in [0.1, 0.15) is 21.7 Å². The summed E-state index contributed by atoms with van der Waals surface area (Å²) in [5, 5.41) is 4.35. The first kappa shape index (κ1) is 11.9. The van der Waals surface area contributed by atoms with Gasteiger partial charge in [0.05, 0.1) is 16.9 Å². The van der Waals surface area contributed by atoms with Crippen LogP contribution in [0.4, 0.5) is 0 Å². The second-order valence-electron chi connectivity index (χ2n) is 3.86. The molecule has 0 bridgehead atoms. The average Bonchev–Trinajstić information content (AvgIpc) is 2.57. The van der Waals surface area contributed by atoms with Crippen molar-refractivity contribution in [3.8, 4) is 5.69 Å². The van der Waals surface area contributed by atoms with Gasteiger partial charge in [0, 0.05) is 10.2 Å². The molecule has 17 heavy (non-hydrogen) atoms. The highest BCUT2D eigenvalue weighted by Gasteiger charge is 2.13. The van der Waals surface area contributed by atoms with E-state index in [0.717, 1.165) is 15.9 Å². The summed E-state index contributed by atoms with van der Waals surface area (Å²) in [6.45, 7) is 3.85. The maximum Gasteiger partial charge on any atom is 0.250 e.